The van der Waals surface area contributed by atoms with Gasteiger partial charge in [-0.15, -0.1) is 0 Å². The molecule has 1 saturated heterocycles. The lowest BCUT2D eigenvalue weighted by Gasteiger charge is -2.45. The number of ketones is 1. The number of amides is 1. The summed E-state index contributed by atoms with van der Waals surface area (Å²) in [7, 11) is 1.70. The van der Waals surface area contributed by atoms with Crippen LogP contribution >= 0.6 is 0 Å². The molecular weight excluding hydrogens is 380 g/mol. The van der Waals surface area contributed by atoms with E-state index in [1.54, 1.807) is 7.11 Å². The zero-order chi connectivity index (χ0) is 20.9. The summed E-state index contributed by atoms with van der Waals surface area (Å²) >= 11 is 0. The Kier molecular flexibility index (Phi) is 4.69. The summed E-state index contributed by atoms with van der Waals surface area (Å²) in [4.78, 5) is 30.8. The van der Waals surface area contributed by atoms with Crippen molar-refractivity contribution in [1.82, 2.24) is 9.88 Å². The molecule has 6 nitrogen and oxygen atoms in total. The lowest BCUT2D eigenvalue weighted by atomic mass is 9.78. The highest BCUT2D eigenvalue weighted by Gasteiger charge is 2.44. The van der Waals surface area contributed by atoms with Crippen LogP contribution in [0.4, 0.5) is 0 Å². The Bertz CT molecular complexity index is 1000. The molecular formula is C24H28N2O4. The minimum atomic E-state index is -0.392. The molecule has 158 valence electrons. The van der Waals surface area contributed by atoms with E-state index in [0.29, 0.717) is 31.8 Å². The molecule has 3 aliphatic rings. The Hall–Kier alpha value is -2.60. The van der Waals surface area contributed by atoms with Crippen molar-refractivity contribution in [3.05, 3.63) is 51.8 Å². The molecule has 1 spiro atoms. The third-order valence-corrected chi connectivity index (χ3v) is 7.05. The number of likely N-dealkylation sites (tertiary alicyclic amines) is 1. The molecule has 5 rings (SSSR count). The lowest BCUT2D eigenvalue weighted by molar-refractivity contribution is -0.0947. The molecule has 0 radical (unpaired) electrons. The van der Waals surface area contributed by atoms with E-state index in [9.17, 15) is 9.59 Å². The van der Waals surface area contributed by atoms with Gasteiger partial charge < -0.3 is 19.4 Å². The van der Waals surface area contributed by atoms with Crippen LogP contribution in [0.1, 0.15) is 68.9 Å². The van der Waals surface area contributed by atoms with Crippen LogP contribution in [0.5, 0.6) is 5.75 Å². The fraction of sp³-hybridized carbons (Fsp3) is 0.500. The second-order valence-electron chi connectivity index (χ2n) is 8.63. The number of methoxy groups -OCH3 is 1. The Labute approximate surface area is 176 Å². The fourth-order valence-corrected chi connectivity index (χ4v) is 5.51. The number of H-pyrrole nitrogens is 1. The number of aryl methyl sites for hydroxylation is 1. The van der Waals surface area contributed by atoms with Gasteiger partial charge in [0.05, 0.1) is 13.7 Å². The van der Waals surface area contributed by atoms with Gasteiger partial charge in [-0.2, -0.15) is 0 Å². The van der Waals surface area contributed by atoms with Crippen LogP contribution in [0.25, 0.3) is 0 Å². The van der Waals surface area contributed by atoms with E-state index in [1.165, 1.54) is 5.56 Å². The zero-order valence-corrected chi connectivity index (χ0v) is 17.7. The third kappa shape index (κ3) is 2.88. The van der Waals surface area contributed by atoms with Crippen LogP contribution in [0.3, 0.4) is 0 Å². The van der Waals surface area contributed by atoms with Crippen LogP contribution in [0, 0.1) is 6.92 Å². The van der Waals surface area contributed by atoms with E-state index in [2.05, 4.69) is 11.1 Å². The number of nitrogens with one attached hydrogen (secondary N) is 1. The van der Waals surface area contributed by atoms with E-state index >= 15 is 0 Å². The van der Waals surface area contributed by atoms with Crippen LogP contribution in [0.15, 0.2) is 18.2 Å². The number of fused-ring (bicyclic) bond motifs is 3. The van der Waals surface area contributed by atoms with Gasteiger partial charge in [0.25, 0.3) is 5.91 Å². The van der Waals surface area contributed by atoms with Crippen LogP contribution in [-0.4, -0.2) is 48.4 Å². The smallest absolute Gasteiger partial charge is 0.270 e. The number of piperidine rings is 1. The Balaban J connectivity index is 1.39. The van der Waals surface area contributed by atoms with Crippen molar-refractivity contribution in [2.45, 2.75) is 51.0 Å². The highest BCUT2D eigenvalue weighted by atomic mass is 16.5. The molecule has 1 N–H and O–H groups in total. The Morgan fingerprint density at radius 2 is 2.00 bits per heavy atom. The SMILES string of the molecule is COc1cccc2c1C1(CCN(C(=O)c3[nH]c4c(c3C)C(=O)CCC4)CC1)OCC2. The number of benzene rings is 1. The summed E-state index contributed by atoms with van der Waals surface area (Å²) in [6.45, 7) is 3.82. The summed E-state index contributed by atoms with van der Waals surface area (Å²) in [5.74, 6) is 1.01. The van der Waals surface area contributed by atoms with Crippen LogP contribution in [0.2, 0.25) is 0 Å². The number of ether oxygens (including phenoxy) is 2. The van der Waals surface area contributed by atoms with Crippen LogP contribution in [-0.2, 0) is 23.2 Å². The van der Waals surface area contributed by atoms with E-state index in [4.69, 9.17) is 9.47 Å². The molecule has 1 fully saturated rings. The third-order valence-electron chi connectivity index (χ3n) is 7.05. The summed E-state index contributed by atoms with van der Waals surface area (Å²) < 4.78 is 12.0. The number of aromatic amines is 1. The molecule has 1 amide bonds. The van der Waals surface area contributed by atoms with Gasteiger partial charge in [-0.1, -0.05) is 12.1 Å². The monoisotopic (exact) mass is 408 g/mol. The summed E-state index contributed by atoms with van der Waals surface area (Å²) in [5.41, 5.74) is 5.10. The fourth-order valence-electron chi connectivity index (χ4n) is 5.51. The standard InChI is InChI=1S/C24H28N2O4/c1-15-20-17(6-4-7-18(20)27)25-22(15)23(28)26-12-10-24(11-13-26)21-16(9-14-30-24)5-3-8-19(21)29-2/h3,5,8,25H,4,6-7,9-14H2,1-2H3. The predicted molar refractivity (Wildman–Crippen MR) is 112 cm³/mol. The molecule has 0 atom stereocenters. The van der Waals surface area contributed by atoms with Gasteiger partial charge in [0.2, 0.25) is 0 Å². The maximum Gasteiger partial charge on any atom is 0.270 e. The van der Waals surface area contributed by atoms with Crippen molar-refractivity contribution < 1.29 is 19.1 Å². The van der Waals surface area contributed by atoms with Gasteiger partial charge in [0.1, 0.15) is 17.0 Å². The predicted octanol–water partition coefficient (Wildman–Crippen LogP) is 3.55. The topological polar surface area (TPSA) is 71.6 Å². The van der Waals surface area contributed by atoms with Crippen molar-refractivity contribution in [2.24, 2.45) is 0 Å². The number of Topliss-reactive ketones (excluding diaryl/α,β-unsaturated/α-hetero) is 1. The van der Waals surface area contributed by atoms with Crippen molar-refractivity contribution in [1.29, 1.82) is 0 Å². The number of aromatic nitrogens is 1. The summed E-state index contributed by atoms with van der Waals surface area (Å²) in [6, 6.07) is 6.19. The second kappa shape index (κ2) is 7.27. The van der Waals surface area contributed by atoms with Gasteiger partial charge in [-0.05, 0) is 56.2 Å². The number of carbonyl (C=O) groups is 2. The van der Waals surface area contributed by atoms with E-state index < -0.39 is 5.60 Å². The van der Waals surface area contributed by atoms with Gasteiger partial charge >= 0.3 is 0 Å². The normalized spacial score (nSPS) is 20.1. The molecule has 0 saturated carbocycles. The van der Waals surface area contributed by atoms with E-state index in [-0.39, 0.29) is 11.7 Å². The highest BCUT2D eigenvalue weighted by molar-refractivity contribution is 6.04. The lowest BCUT2D eigenvalue weighted by Crippen LogP contribution is -2.48. The Morgan fingerprint density at radius 1 is 1.20 bits per heavy atom. The maximum atomic E-state index is 13.3. The molecule has 0 unspecified atom stereocenters. The summed E-state index contributed by atoms with van der Waals surface area (Å²) in [5, 5.41) is 0. The number of rotatable bonds is 2. The molecule has 6 heteroatoms. The van der Waals surface area contributed by atoms with Crippen molar-refractivity contribution in [3.63, 3.8) is 0 Å². The first-order valence-electron chi connectivity index (χ1n) is 10.9. The van der Waals surface area contributed by atoms with Gasteiger partial charge in [0, 0.05) is 36.3 Å². The average molecular weight is 408 g/mol. The minimum absolute atomic E-state index is 0.0133. The van der Waals surface area contributed by atoms with Crippen molar-refractivity contribution in [3.8, 4) is 5.75 Å². The molecule has 0 bridgehead atoms. The van der Waals surface area contributed by atoms with E-state index in [0.717, 1.165) is 60.2 Å². The average Bonchev–Trinajstić information content (AvgIpc) is 3.11. The molecule has 1 aliphatic carbocycles. The molecule has 1 aromatic carbocycles. The van der Waals surface area contributed by atoms with Gasteiger partial charge in [-0.25, -0.2) is 0 Å². The van der Waals surface area contributed by atoms with Crippen molar-refractivity contribution >= 4 is 11.7 Å². The first-order valence-corrected chi connectivity index (χ1v) is 10.9. The van der Waals surface area contributed by atoms with E-state index in [1.807, 2.05) is 24.0 Å². The van der Waals surface area contributed by atoms with Crippen molar-refractivity contribution in [2.75, 3.05) is 26.8 Å². The molecule has 2 aromatic rings. The molecule has 2 aliphatic heterocycles. The molecule has 3 heterocycles. The minimum Gasteiger partial charge on any atom is -0.496 e. The maximum absolute atomic E-state index is 13.3. The zero-order valence-electron chi connectivity index (χ0n) is 17.7. The first kappa shape index (κ1) is 19.4. The molecule has 1 aromatic heterocycles. The number of carbonyl (C=O) groups excluding carboxylic acids is 2. The number of hydrogen-bond donors (Lipinski definition) is 1. The summed E-state index contributed by atoms with van der Waals surface area (Å²) in [6.07, 6.45) is 4.63. The van der Waals surface area contributed by atoms with Gasteiger partial charge in [-0.3, -0.25) is 9.59 Å². The quantitative estimate of drug-likeness (QED) is 0.825. The largest absolute Gasteiger partial charge is 0.496 e. The first-order chi connectivity index (χ1) is 14.5. The second-order valence-corrected chi connectivity index (χ2v) is 8.63. The van der Waals surface area contributed by atoms with Crippen LogP contribution < -0.4 is 4.74 Å². The highest BCUT2D eigenvalue weighted by Crippen LogP contribution is 2.46. The number of nitrogens with zero attached hydrogens (tertiary/aromatic N) is 1. The number of hydrogen-bond acceptors (Lipinski definition) is 4. The molecule has 30 heavy (non-hydrogen) atoms. The Morgan fingerprint density at radius 3 is 2.73 bits per heavy atom. The van der Waals surface area contributed by atoms with Gasteiger partial charge in [0.15, 0.2) is 5.78 Å².